The number of rotatable bonds is 2. The van der Waals surface area contributed by atoms with Gasteiger partial charge in [-0.25, -0.2) is 4.98 Å². The number of nitrogens with one attached hydrogen (secondary N) is 1. The molecule has 0 amide bonds. The molecule has 1 fully saturated rings. The molecule has 1 saturated heterocycles. The van der Waals surface area contributed by atoms with Crippen molar-refractivity contribution in [1.29, 1.82) is 0 Å². The second-order valence-electron chi connectivity index (χ2n) is 5.98. The first kappa shape index (κ1) is 13.6. The molecule has 1 unspecified atom stereocenters. The molecule has 114 valence electrons. The third-order valence-corrected chi connectivity index (χ3v) is 4.78. The maximum Gasteiger partial charge on any atom is 0.132 e. The molecule has 0 bridgehead atoms. The molecule has 0 spiro atoms. The Morgan fingerprint density at radius 3 is 2.91 bits per heavy atom. The summed E-state index contributed by atoms with van der Waals surface area (Å²) < 4.78 is 5.26. The Kier molecular flexibility index (Phi) is 3.47. The summed E-state index contributed by atoms with van der Waals surface area (Å²) in [7, 11) is 1.70. The fourth-order valence-electron chi connectivity index (χ4n) is 3.63. The van der Waals surface area contributed by atoms with Crippen molar-refractivity contribution in [3.63, 3.8) is 0 Å². The minimum Gasteiger partial charge on any atom is -0.497 e. The summed E-state index contributed by atoms with van der Waals surface area (Å²) in [6, 6.07) is 11.1. The van der Waals surface area contributed by atoms with Crippen LogP contribution in [0.1, 0.15) is 12.0 Å². The fraction of sp³-hybridized carbons (Fsp3) is 0.389. The molecule has 2 aliphatic rings. The number of fused-ring (bicyclic) bond motifs is 3. The number of ether oxygens (including phenoxy) is 1. The highest BCUT2D eigenvalue weighted by Gasteiger charge is 2.30. The maximum absolute atomic E-state index is 5.26. The summed E-state index contributed by atoms with van der Waals surface area (Å²) in [6.07, 6.45) is 4.26. The summed E-state index contributed by atoms with van der Waals surface area (Å²) in [5.41, 5.74) is 3.95. The summed E-state index contributed by atoms with van der Waals surface area (Å²) in [5.74, 6) is 2.08. The second-order valence-corrected chi connectivity index (χ2v) is 5.98. The average molecular weight is 295 g/mol. The van der Waals surface area contributed by atoms with Gasteiger partial charge < -0.3 is 15.0 Å². The lowest BCUT2D eigenvalue weighted by Gasteiger charge is -2.42. The number of nitrogens with zero attached hydrogens (tertiary/aromatic N) is 2. The van der Waals surface area contributed by atoms with Gasteiger partial charge in [0.05, 0.1) is 7.11 Å². The zero-order chi connectivity index (χ0) is 14.9. The predicted octanol–water partition coefficient (Wildman–Crippen LogP) is 2.48. The van der Waals surface area contributed by atoms with Gasteiger partial charge in [-0.3, -0.25) is 0 Å². The van der Waals surface area contributed by atoms with Gasteiger partial charge in [-0.15, -0.1) is 0 Å². The highest BCUT2D eigenvalue weighted by Crippen LogP contribution is 2.36. The van der Waals surface area contributed by atoms with Crippen LogP contribution in [0.5, 0.6) is 5.75 Å². The van der Waals surface area contributed by atoms with E-state index in [-0.39, 0.29) is 0 Å². The monoisotopic (exact) mass is 295 g/mol. The van der Waals surface area contributed by atoms with E-state index in [1.807, 2.05) is 18.3 Å². The van der Waals surface area contributed by atoms with Gasteiger partial charge in [-0.2, -0.15) is 0 Å². The highest BCUT2D eigenvalue weighted by molar-refractivity contribution is 5.73. The van der Waals surface area contributed by atoms with E-state index in [9.17, 15) is 0 Å². The van der Waals surface area contributed by atoms with Gasteiger partial charge in [0.2, 0.25) is 0 Å². The van der Waals surface area contributed by atoms with Crippen molar-refractivity contribution in [3.8, 4) is 16.9 Å². The summed E-state index contributed by atoms with van der Waals surface area (Å²) in [6.45, 7) is 3.18. The van der Waals surface area contributed by atoms with Crippen molar-refractivity contribution in [2.24, 2.45) is 0 Å². The lowest BCUT2D eigenvalue weighted by atomic mass is 9.91. The van der Waals surface area contributed by atoms with E-state index in [0.717, 1.165) is 31.8 Å². The van der Waals surface area contributed by atoms with E-state index < -0.39 is 0 Å². The molecule has 22 heavy (non-hydrogen) atoms. The van der Waals surface area contributed by atoms with Gasteiger partial charge in [0.1, 0.15) is 11.6 Å². The first-order chi connectivity index (χ1) is 10.9. The largest absolute Gasteiger partial charge is 0.497 e. The Hall–Kier alpha value is -2.07. The van der Waals surface area contributed by atoms with Crippen LogP contribution in [0, 0.1) is 0 Å². The quantitative estimate of drug-likeness (QED) is 0.923. The molecule has 1 aromatic carbocycles. The average Bonchev–Trinajstić information content (AvgIpc) is 2.61. The minimum atomic E-state index is 0.597. The first-order valence-corrected chi connectivity index (χ1v) is 7.96. The molecule has 0 saturated carbocycles. The van der Waals surface area contributed by atoms with E-state index in [4.69, 9.17) is 9.72 Å². The number of methoxy groups -OCH3 is 1. The Labute approximate surface area is 131 Å². The van der Waals surface area contributed by atoms with Crippen molar-refractivity contribution in [2.75, 3.05) is 31.6 Å². The van der Waals surface area contributed by atoms with Gasteiger partial charge in [0.15, 0.2) is 0 Å². The van der Waals surface area contributed by atoms with Gasteiger partial charge in [0.25, 0.3) is 0 Å². The summed E-state index contributed by atoms with van der Waals surface area (Å²) >= 11 is 0. The normalized spacial score (nSPS) is 20.2. The fourth-order valence-corrected chi connectivity index (χ4v) is 3.63. The molecule has 4 heteroatoms. The number of aromatic nitrogens is 1. The zero-order valence-electron chi connectivity index (χ0n) is 12.9. The van der Waals surface area contributed by atoms with Gasteiger partial charge in [0, 0.05) is 37.4 Å². The number of hydrogen-bond donors (Lipinski definition) is 1. The number of pyridine rings is 1. The van der Waals surface area contributed by atoms with E-state index in [1.165, 1.54) is 28.9 Å². The first-order valence-electron chi connectivity index (χ1n) is 7.96. The molecule has 0 aliphatic carbocycles. The van der Waals surface area contributed by atoms with Crippen molar-refractivity contribution >= 4 is 5.82 Å². The van der Waals surface area contributed by atoms with Crippen molar-refractivity contribution < 1.29 is 4.74 Å². The van der Waals surface area contributed by atoms with E-state index in [1.54, 1.807) is 7.11 Å². The molecule has 1 atom stereocenters. The molecule has 4 rings (SSSR count). The van der Waals surface area contributed by atoms with Crippen LogP contribution < -0.4 is 15.0 Å². The van der Waals surface area contributed by atoms with Crippen molar-refractivity contribution in [3.05, 3.63) is 42.1 Å². The van der Waals surface area contributed by atoms with Gasteiger partial charge in [-0.05, 0) is 42.2 Å². The topological polar surface area (TPSA) is 37.4 Å². The summed E-state index contributed by atoms with van der Waals surface area (Å²) in [5, 5.41) is 3.49. The smallest absolute Gasteiger partial charge is 0.132 e. The third kappa shape index (κ3) is 2.24. The maximum atomic E-state index is 5.26. The van der Waals surface area contributed by atoms with Gasteiger partial charge >= 0.3 is 0 Å². The van der Waals surface area contributed by atoms with E-state index >= 15 is 0 Å². The van der Waals surface area contributed by atoms with Crippen LogP contribution in [0.2, 0.25) is 0 Å². The molecule has 1 aromatic heterocycles. The van der Waals surface area contributed by atoms with Crippen LogP contribution in [0.15, 0.2) is 36.5 Å². The number of hydrogen-bond acceptors (Lipinski definition) is 4. The number of benzene rings is 1. The van der Waals surface area contributed by atoms with Gasteiger partial charge in [-0.1, -0.05) is 12.1 Å². The van der Waals surface area contributed by atoms with E-state index in [2.05, 4.69) is 28.4 Å². The second kappa shape index (κ2) is 5.61. The molecule has 2 aliphatic heterocycles. The molecular weight excluding hydrogens is 274 g/mol. The Morgan fingerprint density at radius 1 is 1.23 bits per heavy atom. The van der Waals surface area contributed by atoms with Crippen molar-refractivity contribution in [1.82, 2.24) is 10.3 Å². The lowest BCUT2D eigenvalue weighted by molar-refractivity contribution is 0.415. The molecule has 2 aromatic rings. The molecular formula is C18H21N3O. The molecule has 4 nitrogen and oxygen atoms in total. The summed E-state index contributed by atoms with van der Waals surface area (Å²) in [4.78, 5) is 7.19. The van der Waals surface area contributed by atoms with Crippen LogP contribution in [0.4, 0.5) is 5.82 Å². The Morgan fingerprint density at radius 2 is 2.09 bits per heavy atom. The van der Waals surface area contributed by atoms with Crippen LogP contribution in [-0.4, -0.2) is 37.8 Å². The number of piperazine rings is 1. The lowest BCUT2D eigenvalue weighted by Crippen LogP contribution is -2.53. The predicted molar refractivity (Wildman–Crippen MR) is 88.5 cm³/mol. The SMILES string of the molecule is COc1ccc(-c2ccnc3c2CCC2CNCCN32)cc1. The van der Waals surface area contributed by atoms with Crippen molar-refractivity contribution in [2.45, 2.75) is 18.9 Å². The third-order valence-electron chi connectivity index (χ3n) is 4.78. The number of anilines is 1. The standard InChI is InChI=1S/C18H21N3O/c1-22-15-5-2-13(3-6-15)16-8-9-20-18-17(16)7-4-14-12-19-10-11-21(14)18/h2-3,5-6,8-9,14,19H,4,7,10-12H2,1H3. The van der Waals surface area contributed by atoms with Crippen LogP contribution in [-0.2, 0) is 6.42 Å². The zero-order valence-corrected chi connectivity index (χ0v) is 12.9. The minimum absolute atomic E-state index is 0.597. The van der Waals surface area contributed by atoms with Crippen LogP contribution >= 0.6 is 0 Å². The Balaban J connectivity index is 1.75. The molecule has 3 heterocycles. The Bertz CT molecular complexity index is 669. The van der Waals surface area contributed by atoms with E-state index in [0.29, 0.717) is 6.04 Å². The molecule has 0 radical (unpaired) electrons. The van der Waals surface area contributed by atoms with Crippen LogP contribution in [0.25, 0.3) is 11.1 Å². The molecule has 1 N–H and O–H groups in total. The van der Waals surface area contributed by atoms with Crippen LogP contribution in [0.3, 0.4) is 0 Å². The highest BCUT2D eigenvalue weighted by atomic mass is 16.5.